The maximum absolute atomic E-state index is 13.2. The number of rotatable bonds is 5. The van der Waals surface area contributed by atoms with E-state index in [4.69, 9.17) is 10.5 Å². The maximum atomic E-state index is 13.2. The van der Waals surface area contributed by atoms with Crippen molar-refractivity contribution < 1.29 is 23.0 Å². The van der Waals surface area contributed by atoms with Crippen LogP contribution in [-0.2, 0) is 4.74 Å². The van der Waals surface area contributed by atoms with Crippen molar-refractivity contribution in [2.75, 3.05) is 13.2 Å². The Bertz CT molecular complexity index is 998. The molecule has 3 N–H and O–H groups in total. The van der Waals surface area contributed by atoms with Gasteiger partial charge in [-0.15, -0.1) is 0 Å². The Morgan fingerprint density at radius 3 is 2.37 bits per heavy atom. The van der Waals surface area contributed by atoms with Crippen molar-refractivity contribution in [3.05, 3.63) is 66.2 Å². The first-order valence-corrected chi connectivity index (χ1v) is 8.56. The highest BCUT2D eigenvalue weighted by Crippen LogP contribution is 2.35. The molecular formula is C21H20F3NO2. The van der Waals surface area contributed by atoms with Crippen molar-refractivity contribution in [3.8, 4) is 0 Å². The lowest BCUT2D eigenvalue weighted by Gasteiger charge is -2.27. The fourth-order valence-electron chi connectivity index (χ4n) is 3.00. The molecule has 3 aromatic rings. The SMILES string of the molecule is CCOC(=CC(O)(CN)C(F)(F)F)c1ccc2c(ccc3ccccc32)c1. The molecule has 3 rings (SSSR count). The summed E-state index contributed by atoms with van der Waals surface area (Å²) in [5, 5.41) is 13.9. The van der Waals surface area contributed by atoms with Gasteiger partial charge in [0.25, 0.3) is 0 Å². The molecule has 0 fully saturated rings. The Labute approximate surface area is 154 Å². The minimum Gasteiger partial charge on any atom is -0.493 e. The normalized spacial score (nSPS) is 15.1. The van der Waals surface area contributed by atoms with E-state index >= 15 is 0 Å². The van der Waals surface area contributed by atoms with Crippen LogP contribution >= 0.6 is 0 Å². The minimum atomic E-state index is -4.91. The highest BCUT2D eigenvalue weighted by Gasteiger charge is 2.51. The van der Waals surface area contributed by atoms with Crippen LogP contribution in [0.15, 0.2) is 60.7 Å². The first-order chi connectivity index (χ1) is 12.8. The summed E-state index contributed by atoms with van der Waals surface area (Å²) in [6, 6.07) is 17.0. The summed E-state index contributed by atoms with van der Waals surface area (Å²) in [7, 11) is 0. The van der Waals surface area contributed by atoms with Gasteiger partial charge in [-0.05, 0) is 34.5 Å². The fourth-order valence-corrected chi connectivity index (χ4v) is 3.00. The van der Waals surface area contributed by atoms with E-state index in [1.165, 1.54) is 0 Å². The van der Waals surface area contributed by atoms with Crippen LogP contribution in [0.25, 0.3) is 27.3 Å². The van der Waals surface area contributed by atoms with E-state index in [0.29, 0.717) is 11.6 Å². The van der Waals surface area contributed by atoms with E-state index in [9.17, 15) is 18.3 Å². The zero-order valence-electron chi connectivity index (χ0n) is 14.8. The van der Waals surface area contributed by atoms with Gasteiger partial charge in [0.2, 0.25) is 0 Å². The third kappa shape index (κ3) is 3.63. The van der Waals surface area contributed by atoms with E-state index in [2.05, 4.69) is 0 Å². The van der Waals surface area contributed by atoms with E-state index in [1.54, 1.807) is 19.1 Å². The molecule has 142 valence electrons. The van der Waals surface area contributed by atoms with Crippen LogP contribution in [0.2, 0.25) is 0 Å². The second-order valence-electron chi connectivity index (χ2n) is 6.29. The van der Waals surface area contributed by atoms with Crippen LogP contribution in [0.4, 0.5) is 13.2 Å². The number of hydrogen-bond donors (Lipinski definition) is 2. The topological polar surface area (TPSA) is 55.5 Å². The summed E-state index contributed by atoms with van der Waals surface area (Å²) in [4.78, 5) is 0. The molecule has 0 radical (unpaired) electrons. The van der Waals surface area contributed by atoms with Gasteiger partial charge in [0.1, 0.15) is 5.76 Å². The van der Waals surface area contributed by atoms with Crippen molar-refractivity contribution in [2.45, 2.75) is 18.7 Å². The first kappa shape index (κ1) is 19.2. The van der Waals surface area contributed by atoms with Crippen LogP contribution < -0.4 is 5.73 Å². The van der Waals surface area contributed by atoms with E-state index in [1.807, 2.05) is 42.5 Å². The number of ether oxygens (including phenoxy) is 1. The fraction of sp³-hybridized carbons (Fsp3) is 0.238. The summed E-state index contributed by atoms with van der Waals surface area (Å²) in [6.45, 7) is 0.822. The molecule has 1 atom stereocenters. The molecule has 3 aromatic carbocycles. The summed E-state index contributed by atoms with van der Waals surface area (Å²) < 4.78 is 45.1. The smallest absolute Gasteiger partial charge is 0.422 e. The molecule has 27 heavy (non-hydrogen) atoms. The number of fused-ring (bicyclic) bond motifs is 3. The Kier molecular flexibility index (Phi) is 5.13. The largest absolute Gasteiger partial charge is 0.493 e. The number of halogens is 3. The predicted octanol–water partition coefficient (Wildman–Crippen LogP) is 4.62. The van der Waals surface area contributed by atoms with Gasteiger partial charge in [-0.1, -0.05) is 48.5 Å². The molecule has 0 heterocycles. The van der Waals surface area contributed by atoms with Gasteiger partial charge in [-0.2, -0.15) is 13.2 Å². The molecule has 0 spiro atoms. The van der Waals surface area contributed by atoms with Crippen molar-refractivity contribution in [2.24, 2.45) is 5.73 Å². The summed E-state index contributed by atoms with van der Waals surface area (Å²) >= 11 is 0. The van der Waals surface area contributed by atoms with Crippen molar-refractivity contribution in [1.29, 1.82) is 0 Å². The predicted molar refractivity (Wildman–Crippen MR) is 101 cm³/mol. The molecule has 0 bridgehead atoms. The second-order valence-corrected chi connectivity index (χ2v) is 6.29. The Morgan fingerprint density at radius 1 is 1.04 bits per heavy atom. The molecule has 1 unspecified atom stereocenters. The molecule has 3 nitrogen and oxygen atoms in total. The lowest BCUT2D eigenvalue weighted by molar-refractivity contribution is -0.235. The first-order valence-electron chi connectivity index (χ1n) is 8.56. The molecule has 0 aliphatic heterocycles. The Hall–Kier alpha value is -2.57. The molecule has 0 saturated heterocycles. The molecule has 0 aromatic heterocycles. The van der Waals surface area contributed by atoms with E-state index < -0.39 is 18.3 Å². The Morgan fingerprint density at radius 2 is 1.70 bits per heavy atom. The van der Waals surface area contributed by atoms with E-state index in [0.717, 1.165) is 21.5 Å². The zero-order chi connectivity index (χ0) is 19.7. The van der Waals surface area contributed by atoms with Gasteiger partial charge >= 0.3 is 6.18 Å². The lowest BCUT2D eigenvalue weighted by atomic mass is 9.97. The number of hydrogen-bond acceptors (Lipinski definition) is 3. The number of nitrogens with two attached hydrogens (primary N) is 1. The van der Waals surface area contributed by atoms with Gasteiger partial charge in [-0.25, -0.2) is 0 Å². The van der Waals surface area contributed by atoms with Crippen molar-refractivity contribution >= 4 is 27.3 Å². The van der Waals surface area contributed by atoms with Gasteiger partial charge < -0.3 is 15.6 Å². The van der Waals surface area contributed by atoms with Gasteiger partial charge in [0.05, 0.1) is 6.61 Å². The zero-order valence-corrected chi connectivity index (χ0v) is 14.8. The second kappa shape index (κ2) is 7.21. The number of aliphatic hydroxyl groups is 1. The summed E-state index contributed by atoms with van der Waals surface area (Å²) in [5.74, 6) is -0.0576. The van der Waals surface area contributed by atoms with Crippen molar-refractivity contribution in [3.63, 3.8) is 0 Å². The standard InChI is InChI=1S/C21H20F3NO2/c1-2-27-19(12-20(26,13-25)21(22,23)24)16-9-10-18-15(11-16)8-7-14-5-3-4-6-17(14)18/h3-12,26H,2,13,25H2,1H3. The van der Waals surface area contributed by atoms with E-state index in [-0.39, 0.29) is 12.4 Å². The average Bonchev–Trinajstić information content (AvgIpc) is 2.66. The highest BCUT2D eigenvalue weighted by molar-refractivity contribution is 6.07. The van der Waals surface area contributed by atoms with Crippen molar-refractivity contribution in [1.82, 2.24) is 0 Å². The van der Waals surface area contributed by atoms with Crippen LogP contribution in [0.5, 0.6) is 0 Å². The Balaban J connectivity index is 2.15. The molecule has 0 aliphatic rings. The van der Waals surface area contributed by atoms with Crippen LogP contribution in [0, 0.1) is 0 Å². The summed E-state index contributed by atoms with van der Waals surface area (Å²) in [5.41, 5.74) is 2.48. The third-order valence-corrected chi connectivity index (χ3v) is 4.50. The highest BCUT2D eigenvalue weighted by atomic mass is 19.4. The molecule has 0 saturated carbocycles. The number of benzene rings is 3. The van der Waals surface area contributed by atoms with Crippen LogP contribution in [-0.4, -0.2) is 30.0 Å². The van der Waals surface area contributed by atoms with Crippen LogP contribution in [0.3, 0.4) is 0 Å². The lowest BCUT2D eigenvalue weighted by Crippen LogP contribution is -2.49. The summed E-state index contributed by atoms with van der Waals surface area (Å²) in [6.07, 6.45) is -4.25. The van der Waals surface area contributed by atoms with Crippen LogP contribution in [0.1, 0.15) is 12.5 Å². The number of alkyl halides is 3. The molecular weight excluding hydrogens is 355 g/mol. The van der Waals surface area contributed by atoms with Gasteiger partial charge in [-0.3, -0.25) is 0 Å². The molecule has 0 aliphatic carbocycles. The average molecular weight is 375 g/mol. The van der Waals surface area contributed by atoms with Gasteiger partial charge in [0, 0.05) is 18.2 Å². The monoisotopic (exact) mass is 375 g/mol. The third-order valence-electron chi connectivity index (χ3n) is 4.50. The minimum absolute atomic E-state index is 0.0576. The maximum Gasteiger partial charge on any atom is 0.422 e. The molecule has 0 amide bonds. The van der Waals surface area contributed by atoms with Gasteiger partial charge in [0.15, 0.2) is 5.60 Å². The molecule has 6 heteroatoms. The quantitative estimate of drug-likeness (QED) is 0.505.